The Labute approximate surface area is 173 Å². The van der Waals surface area contributed by atoms with Crippen molar-refractivity contribution in [2.75, 3.05) is 23.3 Å². The van der Waals surface area contributed by atoms with Crippen molar-refractivity contribution in [2.45, 2.75) is 71.1 Å². The van der Waals surface area contributed by atoms with Gasteiger partial charge in [-0.1, -0.05) is 57.6 Å². The van der Waals surface area contributed by atoms with E-state index in [1.54, 1.807) is 11.3 Å². The Balaban J connectivity index is 1.46. The Morgan fingerprint density at radius 1 is 1.11 bits per heavy atom. The van der Waals surface area contributed by atoms with Crippen molar-refractivity contribution in [3.63, 3.8) is 0 Å². The number of carbonyl (C=O) groups is 1. The molecule has 0 bridgehead atoms. The van der Waals surface area contributed by atoms with E-state index in [0.29, 0.717) is 6.42 Å². The van der Waals surface area contributed by atoms with Crippen LogP contribution in [0.3, 0.4) is 0 Å². The molecule has 152 valence electrons. The van der Waals surface area contributed by atoms with Crippen LogP contribution >= 0.6 is 11.3 Å². The summed E-state index contributed by atoms with van der Waals surface area (Å²) in [6.45, 7) is 4.46. The van der Waals surface area contributed by atoms with E-state index in [2.05, 4.69) is 28.6 Å². The lowest BCUT2D eigenvalue weighted by Crippen LogP contribution is -2.17. The molecule has 4 nitrogen and oxygen atoms in total. The van der Waals surface area contributed by atoms with Crippen LogP contribution in [0.5, 0.6) is 0 Å². The van der Waals surface area contributed by atoms with Crippen LogP contribution in [0.25, 0.3) is 11.3 Å². The number of carbonyl (C=O) groups excluding carboxylic acids is 1. The highest BCUT2D eigenvalue weighted by atomic mass is 32.1. The van der Waals surface area contributed by atoms with Gasteiger partial charge >= 0.3 is 0 Å². The molecule has 1 aliphatic rings. The standard InChI is InChI=1S/C23H33N3OS/c1-2-3-4-5-6-7-8-14-22(27)24-20-13-11-12-19(17-20)21-18-28-23(25-21)26-15-9-10-16-26/h11-13,17-18H,2-10,14-16H2,1H3,(H,24,27). The molecule has 0 saturated carbocycles. The second-order valence-electron chi connectivity index (χ2n) is 7.71. The molecule has 28 heavy (non-hydrogen) atoms. The fourth-order valence-electron chi connectivity index (χ4n) is 3.67. The summed E-state index contributed by atoms with van der Waals surface area (Å²) < 4.78 is 0. The maximum atomic E-state index is 12.2. The van der Waals surface area contributed by atoms with E-state index in [-0.39, 0.29) is 5.91 Å². The predicted octanol–water partition coefficient (Wildman–Crippen LogP) is 6.49. The van der Waals surface area contributed by atoms with Crippen LogP contribution in [0, 0.1) is 0 Å². The Kier molecular flexibility index (Phi) is 8.34. The third-order valence-corrected chi connectivity index (χ3v) is 6.22. The van der Waals surface area contributed by atoms with Crippen LogP contribution in [0.4, 0.5) is 10.8 Å². The van der Waals surface area contributed by atoms with Gasteiger partial charge in [0.25, 0.3) is 0 Å². The van der Waals surface area contributed by atoms with E-state index in [0.717, 1.165) is 48.0 Å². The first-order valence-corrected chi connectivity index (χ1v) is 11.7. The summed E-state index contributed by atoms with van der Waals surface area (Å²) >= 11 is 1.71. The van der Waals surface area contributed by atoms with Crippen molar-refractivity contribution >= 4 is 28.1 Å². The van der Waals surface area contributed by atoms with Crippen LogP contribution in [-0.2, 0) is 4.79 Å². The molecule has 3 rings (SSSR count). The lowest BCUT2D eigenvalue weighted by molar-refractivity contribution is -0.116. The summed E-state index contributed by atoms with van der Waals surface area (Å²) in [7, 11) is 0. The maximum Gasteiger partial charge on any atom is 0.224 e. The second-order valence-corrected chi connectivity index (χ2v) is 8.55. The number of unbranched alkanes of at least 4 members (excludes halogenated alkanes) is 6. The van der Waals surface area contributed by atoms with Gasteiger partial charge in [-0.3, -0.25) is 4.79 Å². The minimum Gasteiger partial charge on any atom is -0.348 e. The van der Waals surface area contributed by atoms with Gasteiger partial charge in [-0.2, -0.15) is 0 Å². The number of anilines is 2. The minimum absolute atomic E-state index is 0.113. The average Bonchev–Trinajstić information content (AvgIpc) is 3.39. The molecule has 0 spiro atoms. The van der Waals surface area contributed by atoms with E-state index in [1.165, 1.54) is 44.9 Å². The van der Waals surface area contributed by atoms with Gasteiger partial charge in [-0.25, -0.2) is 4.98 Å². The third kappa shape index (κ3) is 6.33. The SMILES string of the molecule is CCCCCCCCCC(=O)Nc1cccc(-c2csc(N3CCCC3)n2)c1. The predicted molar refractivity (Wildman–Crippen MR) is 120 cm³/mol. The molecule has 1 aromatic carbocycles. The summed E-state index contributed by atoms with van der Waals surface area (Å²) in [5.41, 5.74) is 2.92. The van der Waals surface area contributed by atoms with Gasteiger partial charge in [0.05, 0.1) is 5.69 Å². The smallest absolute Gasteiger partial charge is 0.224 e. The molecule has 1 aromatic heterocycles. The number of thiazole rings is 1. The zero-order valence-electron chi connectivity index (χ0n) is 17.1. The van der Waals surface area contributed by atoms with Gasteiger partial charge in [0.1, 0.15) is 0 Å². The van der Waals surface area contributed by atoms with Crippen molar-refractivity contribution < 1.29 is 4.79 Å². The van der Waals surface area contributed by atoms with Crippen molar-refractivity contribution in [2.24, 2.45) is 0 Å². The van der Waals surface area contributed by atoms with Crippen molar-refractivity contribution in [1.82, 2.24) is 4.98 Å². The summed E-state index contributed by atoms with van der Waals surface area (Å²) in [5.74, 6) is 0.113. The monoisotopic (exact) mass is 399 g/mol. The van der Waals surface area contributed by atoms with Gasteiger partial charge in [0.15, 0.2) is 5.13 Å². The fraction of sp³-hybridized carbons (Fsp3) is 0.565. The molecule has 1 fully saturated rings. The van der Waals surface area contributed by atoms with E-state index in [4.69, 9.17) is 4.98 Å². The van der Waals surface area contributed by atoms with Gasteiger partial charge in [-0.05, 0) is 31.4 Å². The van der Waals surface area contributed by atoms with Gasteiger partial charge in [0, 0.05) is 36.1 Å². The van der Waals surface area contributed by atoms with Gasteiger partial charge in [-0.15, -0.1) is 11.3 Å². The molecule has 0 radical (unpaired) electrons. The molecule has 1 aliphatic heterocycles. The van der Waals surface area contributed by atoms with E-state index in [9.17, 15) is 4.79 Å². The molecule has 1 N–H and O–H groups in total. The first-order chi connectivity index (χ1) is 13.8. The normalized spacial score (nSPS) is 13.8. The molecule has 2 heterocycles. The molecule has 1 amide bonds. The Hall–Kier alpha value is -1.88. The second kappa shape index (κ2) is 11.2. The highest BCUT2D eigenvalue weighted by Crippen LogP contribution is 2.30. The zero-order chi connectivity index (χ0) is 19.6. The van der Waals surface area contributed by atoms with E-state index >= 15 is 0 Å². The molecule has 2 aromatic rings. The van der Waals surface area contributed by atoms with Crippen LogP contribution in [-0.4, -0.2) is 24.0 Å². The van der Waals surface area contributed by atoms with Crippen LogP contribution < -0.4 is 10.2 Å². The first-order valence-electron chi connectivity index (χ1n) is 10.9. The highest BCUT2D eigenvalue weighted by Gasteiger charge is 2.16. The Morgan fingerprint density at radius 2 is 1.86 bits per heavy atom. The largest absolute Gasteiger partial charge is 0.348 e. The summed E-state index contributed by atoms with van der Waals surface area (Å²) in [4.78, 5) is 19.4. The number of nitrogens with zero attached hydrogens (tertiary/aromatic N) is 2. The van der Waals surface area contributed by atoms with Crippen molar-refractivity contribution in [3.05, 3.63) is 29.6 Å². The quantitative estimate of drug-likeness (QED) is 0.439. The minimum atomic E-state index is 0.113. The molecular formula is C23H33N3OS. The summed E-state index contributed by atoms with van der Waals surface area (Å²) in [6.07, 6.45) is 11.7. The van der Waals surface area contributed by atoms with E-state index < -0.39 is 0 Å². The number of hydrogen-bond acceptors (Lipinski definition) is 4. The van der Waals surface area contributed by atoms with Crippen LogP contribution in [0.2, 0.25) is 0 Å². The molecule has 1 saturated heterocycles. The number of benzene rings is 1. The summed E-state index contributed by atoms with van der Waals surface area (Å²) in [5, 5.41) is 6.28. The topological polar surface area (TPSA) is 45.2 Å². The lowest BCUT2D eigenvalue weighted by atomic mass is 10.1. The Bertz CT molecular complexity index is 737. The fourth-order valence-corrected chi connectivity index (χ4v) is 4.56. The number of amides is 1. The maximum absolute atomic E-state index is 12.2. The summed E-state index contributed by atoms with van der Waals surface area (Å²) in [6, 6.07) is 8.05. The van der Waals surface area contributed by atoms with Gasteiger partial charge in [0.2, 0.25) is 5.91 Å². The zero-order valence-corrected chi connectivity index (χ0v) is 17.9. The van der Waals surface area contributed by atoms with E-state index in [1.807, 2.05) is 18.2 Å². The number of aromatic nitrogens is 1. The molecule has 0 aliphatic carbocycles. The molecule has 5 heteroatoms. The third-order valence-electron chi connectivity index (χ3n) is 5.32. The van der Waals surface area contributed by atoms with Crippen molar-refractivity contribution in [3.8, 4) is 11.3 Å². The average molecular weight is 400 g/mol. The first kappa shape index (κ1) is 20.8. The Morgan fingerprint density at radius 3 is 2.64 bits per heavy atom. The number of nitrogens with one attached hydrogen (secondary N) is 1. The van der Waals surface area contributed by atoms with Crippen molar-refractivity contribution in [1.29, 1.82) is 0 Å². The molecular weight excluding hydrogens is 366 g/mol. The lowest BCUT2D eigenvalue weighted by Gasteiger charge is -2.12. The highest BCUT2D eigenvalue weighted by molar-refractivity contribution is 7.14. The molecule has 0 unspecified atom stereocenters. The van der Waals surface area contributed by atoms with Crippen LogP contribution in [0.15, 0.2) is 29.6 Å². The van der Waals surface area contributed by atoms with Gasteiger partial charge < -0.3 is 10.2 Å². The molecule has 0 atom stereocenters. The number of hydrogen-bond donors (Lipinski definition) is 1. The number of rotatable bonds is 11. The van der Waals surface area contributed by atoms with Crippen LogP contribution in [0.1, 0.15) is 71.1 Å².